The maximum atomic E-state index is 13.5. The number of nitrogens with zero attached hydrogens (tertiary/aromatic N) is 1. The van der Waals surface area contributed by atoms with Crippen LogP contribution in [0.4, 0.5) is 5.82 Å². The number of pyridine rings is 1. The molecule has 0 saturated carbocycles. The van der Waals surface area contributed by atoms with Gasteiger partial charge in [0.25, 0.3) is 0 Å². The molecule has 1 N–H and O–H groups in total. The molecule has 3 rings (SSSR count). The highest BCUT2D eigenvalue weighted by molar-refractivity contribution is 7.68. The molecule has 0 saturated heterocycles. The summed E-state index contributed by atoms with van der Waals surface area (Å²) in [5.74, 6) is 1.06. The van der Waals surface area contributed by atoms with Gasteiger partial charge in [-0.2, -0.15) is 0 Å². The fourth-order valence-electron chi connectivity index (χ4n) is 2.15. The van der Waals surface area contributed by atoms with E-state index in [-0.39, 0.29) is 0 Å². The van der Waals surface area contributed by atoms with Gasteiger partial charge in [-0.3, -0.25) is 5.09 Å². The molecule has 0 unspecified atom stereocenters. The second kappa shape index (κ2) is 6.67. The SMILES string of the molecule is Cc1cccc(N[P@](=O)(Oc2ccccc2)c2ccccc2)n1. The quantitative estimate of drug-likeness (QED) is 0.707. The van der Waals surface area contributed by atoms with Crippen LogP contribution in [0.3, 0.4) is 0 Å². The van der Waals surface area contributed by atoms with Crippen LogP contribution in [0.5, 0.6) is 5.75 Å². The van der Waals surface area contributed by atoms with Crippen molar-refractivity contribution in [3.63, 3.8) is 0 Å². The molecule has 0 fully saturated rings. The van der Waals surface area contributed by atoms with Crippen molar-refractivity contribution in [1.29, 1.82) is 0 Å². The minimum Gasteiger partial charge on any atom is -0.426 e. The molecule has 23 heavy (non-hydrogen) atoms. The van der Waals surface area contributed by atoms with Crippen LogP contribution in [0.25, 0.3) is 0 Å². The van der Waals surface area contributed by atoms with Crippen molar-refractivity contribution in [2.75, 3.05) is 5.09 Å². The summed E-state index contributed by atoms with van der Waals surface area (Å²) in [5, 5.41) is 3.57. The molecule has 0 aliphatic heterocycles. The summed E-state index contributed by atoms with van der Waals surface area (Å²) in [7, 11) is -3.35. The molecule has 4 nitrogen and oxygen atoms in total. The summed E-state index contributed by atoms with van der Waals surface area (Å²) in [6, 6.07) is 23.8. The molecule has 1 atom stereocenters. The average Bonchev–Trinajstić information content (AvgIpc) is 2.56. The predicted molar refractivity (Wildman–Crippen MR) is 93.3 cm³/mol. The van der Waals surface area contributed by atoms with Crippen LogP contribution in [0.2, 0.25) is 0 Å². The van der Waals surface area contributed by atoms with Gasteiger partial charge in [-0.05, 0) is 43.3 Å². The number of rotatable bonds is 5. The molecule has 2 aromatic carbocycles. The summed E-state index contributed by atoms with van der Waals surface area (Å²) in [5.41, 5.74) is 0.842. The summed E-state index contributed by atoms with van der Waals surface area (Å²) >= 11 is 0. The topological polar surface area (TPSA) is 51.2 Å². The van der Waals surface area contributed by atoms with Crippen LogP contribution in [-0.2, 0) is 4.57 Å². The molecule has 0 bridgehead atoms. The average molecular weight is 324 g/mol. The molecular weight excluding hydrogens is 307 g/mol. The van der Waals surface area contributed by atoms with Crippen LogP contribution < -0.4 is 14.9 Å². The zero-order valence-electron chi connectivity index (χ0n) is 12.7. The highest BCUT2D eigenvalue weighted by atomic mass is 31.2. The molecular formula is C18H17N2O2P. The Morgan fingerprint density at radius 3 is 2.17 bits per heavy atom. The molecule has 1 aromatic heterocycles. The van der Waals surface area contributed by atoms with E-state index in [1.54, 1.807) is 30.3 Å². The standard InChI is InChI=1S/C18H17N2O2P/c1-15-9-8-14-18(19-15)20-23(21,17-12-6-3-7-13-17)22-16-10-4-2-5-11-16/h2-14H,1H3,(H,19,20,21)/t23-/m1/s1. The van der Waals surface area contributed by atoms with Gasteiger partial charge < -0.3 is 4.52 Å². The van der Waals surface area contributed by atoms with Gasteiger partial charge in [0.05, 0.1) is 5.30 Å². The number of para-hydroxylation sites is 1. The Bertz CT molecular complexity index is 823. The van der Waals surface area contributed by atoms with Crippen molar-refractivity contribution in [3.05, 3.63) is 84.6 Å². The fourth-order valence-corrected chi connectivity index (χ4v) is 3.84. The van der Waals surface area contributed by atoms with Crippen molar-refractivity contribution < 1.29 is 9.09 Å². The molecule has 0 amide bonds. The molecule has 0 aliphatic carbocycles. The lowest BCUT2D eigenvalue weighted by Crippen LogP contribution is -2.17. The lowest BCUT2D eigenvalue weighted by atomic mass is 10.3. The van der Waals surface area contributed by atoms with Gasteiger partial charge in [0.2, 0.25) is 0 Å². The third-order valence-electron chi connectivity index (χ3n) is 3.22. The van der Waals surface area contributed by atoms with E-state index in [0.29, 0.717) is 16.9 Å². The third kappa shape index (κ3) is 3.79. The van der Waals surface area contributed by atoms with E-state index in [2.05, 4.69) is 10.1 Å². The van der Waals surface area contributed by atoms with Crippen molar-refractivity contribution in [2.24, 2.45) is 0 Å². The van der Waals surface area contributed by atoms with Crippen LogP contribution in [0.1, 0.15) is 5.69 Å². The monoisotopic (exact) mass is 324 g/mol. The number of aryl methyl sites for hydroxylation is 1. The first kappa shape index (κ1) is 15.3. The first-order valence-electron chi connectivity index (χ1n) is 7.28. The molecule has 1 heterocycles. The lowest BCUT2D eigenvalue weighted by molar-refractivity contribution is 0.498. The Labute approximate surface area is 135 Å². The first-order valence-corrected chi connectivity index (χ1v) is 8.90. The van der Waals surface area contributed by atoms with Crippen LogP contribution >= 0.6 is 7.52 Å². The third-order valence-corrected chi connectivity index (χ3v) is 5.19. The minimum atomic E-state index is -3.35. The number of hydrogen-bond donors (Lipinski definition) is 1. The van der Waals surface area contributed by atoms with E-state index >= 15 is 0 Å². The molecule has 0 radical (unpaired) electrons. The van der Waals surface area contributed by atoms with Crippen molar-refractivity contribution in [3.8, 4) is 5.75 Å². The van der Waals surface area contributed by atoms with E-state index in [1.807, 2.05) is 55.5 Å². The van der Waals surface area contributed by atoms with E-state index in [1.165, 1.54) is 0 Å². The highest BCUT2D eigenvalue weighted by Crippen LogP contribution is 2.45. The van der Waals surface area contributed by atoms with Crippen molar-refractivity contribution >= 4 is 18.6 Å². The maximum Gasteiger partial charge on any atom is 0.372 e. The fraction of sp³-hybridized carbons (Fsp3) is 0.0556. The smallest absolute Gasteiger partial charge is 0.372 e. The molecule has 0 aliphatic rings. The van der Waals surface area contributed by atoms with Crippen LogP contribution in [-0.4, -0.2) is 4.98 Å². The lowest BCUT2D eigenvalue weighted by Gasteiger charge is -2.21. The number of benzene rings is 2. The summed E-state index contributed by atoms with van der Waals surface area (Å²) < 4.78 is 19.3. The zero-order chi connectivity index (χ0) is 16.1. The highest BCUT2D eigenvalue weighted by Gasteiger charge is 2.28. The van der Waals surface area contributed by atoms with Crippen molar-refractivity contribution in [2.45, 2.75) is 6.92 Å². The first-order chi connectivity index (χ1) is 11.2. The Kier molecular flexibility index (Phi) is 4.45. The Balaban J connectivity index is 1.98. The van der Waals surface area contributed by atoms with Crippen LogP contribution in [0.15, 0.2) is 78.9 Å². The van der Waals surface area contributed by atoms with Crippen molar-refractivity contribution in [1.82, 2.24) is 4.98 Å². The van der Waals surface area contributed by atoms with E-state index in [4.69, 9.17) is 4.52 Å². The molecule has 3 aromatic rings. The Hall–Kier alpha value is -2.58. The number of hydrogen-bond acceptors (Lipinski definition) is 3. The Morgan fingerprint density at radius 2 is 1.52 bits per heavy atom. The molecule has 116 valence electrons. The van der Waals surface area contributed by atoms with E-state index in [0.717, 1.165) is 5.69 Å². The minimum absolute atomic E-state index is 0.521. The second-order valence-corrected chi connectivity index (χ2v) is 7.09. The largest absolute Gasteiger partial charge is 0.426 e. The van der Waals surface area contributed by atoms with E-state index < -0.39 is 7.52 Å². The predicted octanol–water partition coefficient (Wildman–Crippen LogP) is 4.40. The van der Waals surface area contributed by atoms with Gasteiger partial charge in [0.1, 0.15) is 11.6 Å². The van der Waals surface area contributed by atoms with Gasteiger partial charge in [-0.25, -0.2) is 9.55 Å². The van der Waals surface area contributed by atoms with Gasteiger partial charge in [-0.1, -0.05) is 42.5 Å². The van der Waals surface area contributed by atoms with E-state index in [9.17, 15) is 4.57 Å². The van der Waals surface area contributed by atoms with Crippen LogP contribution in [0, 0.1) is 6.92 Å². The second-order valence-electron chi connectivity index (χ2n) is 5.07. The Morgan fingerprint density at radius 1 is 0.870 bits per heavy atom. The molecule has 5 heteroatoms. The normalized spacial score (nSPS) is 13.1. The van der Waals surface area contributed by atoms with Gasteiger partial charge >= 0.3 is 7.52 Å². The zero-order valence-corrected chi connectivity index (χ0v) is 13.6. The summed E-state index contributed by atoms with van der Waals surface area (Å²) in [6.45, 7) is 1.89. The van der Waals surface area contributed by atoms with Gasteiger partial charge in [0, 0.05) is 5.69 Å². The maximum absolute atomic E-state index is 13.5. The number of aromatic nitrogens is 1. The molecule has 0 spiro atoms. The van der Waals surface area contributed by atoms with Gasteiger partial charge in [0.15, 0.2) is 0 Å². The number of nitrogens with one attached hydrogen (secondary N) is 1. The van der Waals surface area contributed by atoms with Gasteiger partial charge in [-0.15, -0.1) is 0 Å². The summed E-state index contributed by atoms with van der Waals surface area (Å²) in [4.78, 5) is 4.36. The number of anilines is 1. The summed E-state index contributed by atoms with van der Waals surface area (Å²) in [6.07, 6.45) is 0.